The van der Waals surface area contributed by atoms with Crippen LogP contribution >= 0.6 is 35.8 Å². The molecule has 1 aliphatic heterocycles. The standard InChI is InChI=1S/C9H10Cl2N4.ClH/c10-7-2-1-6(5-8(7)15-11)14-9-12-3-4-13-9;/h1-2,5,15H,3-4H2,(H2,12,13,14);1H. The molecule has 88 valence electrons. The van der Waals surface area contributed by atoms with Crippen molar-refractivity contribution < 1.29 is 0 Å². The highest BCUT2D eigenvalue weighted by Gasteiger charge is 2.06. The first kappa shape index (κ1) is 13.2. The van der Waals surface area contributed by atoms with Crippen LogP contribution in [0.3, 0.4) is 0 Å². The molecular formula is C9H11Cl3N4. The minimum atomic E-state index is 0. The molecule has 1 aliphatic rings. The van der Waals surface area contributed by atoms with Crippen LogP contribution in [0.5, 0.6) is 0 Å². The van der Waals surface area contributed by atoms with Gasteiger partial charge in [-0.25, -0.2) is 0 Å². The highest BCUT2D eigenvalue weighted by molar-refractivity contribution is 6.35. The van der Waals surface area contributed by atoms with Crippen molar-refractivity contribution in [2.45, 2.75) is 0 Å². The predicted octanol–water partition coefficient (Wildman–Crippen LogP) is 2.70. The molecule has 0 unspecified atom stereocenters. The van der Waals surface area contributed by atoms with Gasteiger partial charge in [-0.15, -0.1) is 12.4 Å². The summed E-state index contributed by atoms with van der Waals surface area (Å²) in [6, 6.07) is 5.45. The maximum atomic E-state index is 5.89. The fraction of sp³-hybridized carbons (Fsp3) is 0.222. The second-order valence-electron chi connectivity index (χ2n) is 3.07. The smallest absolute Gasteiger partial charge is 0.195 e. The molecule has 0 bridgehead atoms. The van der Waals surface area contributed by atoms with E-state index in [0.29, 0.717) is 10.7 Å². The topological polar surface area (TPSA) is 48.5 Å². The van der Waals surface area contributed by atoms with E-state index in [-0.39, 0.29) is 12.4 Å². The molecule has 3 N–H and O–H groups in total. The van der Waals surface area contributed by atoms with Crippen LogP contribution in [-0.4, -0.2) is 19.0 Å². The van der Waals surface area contributed by atoms with Crippen molar-refractivity contribution in [3.8, 4) is 0 Å². The molecule has 16 heavy (non-hydrogen) atoms. The van der Waals surface area contributed by atoms with Gasteiger partial charge < -0.3 is 10.6 Å². The van der Waals surface area contributed by atoms with E-state index in [1.807, 2.05) is 12.1 Å². The number of hydrogen-bond donors (Lipinski definition) is 3. The molecule has 0 spiro atoms. The van der Waals surface area contributed by atoms with Gasteiger partial charge in [0.05, 0.1) is 17.3 Å². The third-order valence-electron chi connectivity index (χ3n) is 2.01. The monoisotopic (exact) mass is 280 g/mol. The Morgan fingerprint density at radius 2 is 2.19 bits per heavy atom. The largest absolute Gasteiger partial charge is 0.354 e. The molecular weight excluding hydrogens is 270 g/mol. The Balaban J connectivity index is 0.00000128. The minimum Gasteiger partial charge on any atom is -0.354 e. The number of anilines is 2. The molecule has 2 rings (SSSR count). The molecule has 0 radical (unpaired) electrons. The van der Waals surface area contributed by atoms with E-state index in [1.54, 1.807) is 6.07 Å². The Bertz CT molecular complexity index is 394. The molecule has 4 nitrogen and oxygen atoms in total. The van der Waals surface area contributed by atoms with Gasteiger partial charge in [0.2, 0.25) is 0 Å². The Labute approximate surface area is 110 Å². The first-order valence-corrected chi connectivity index (χ1v) is 5.27. The highest BCUT2D eigenvalue weighted by atomic mass is 35.5. The molecule has 1 heterocycles. The van der Waals surface area contributed by atoms with Gasteiger partial charge in [0, 0.05) is 24.0 Å². The van der Waals surface area contributed by atoms with Crippen LogP contribution in [0.1, 0.15) is 0 Å². The zero-order valence-corrected chi connectivity index (χ0v) is 10.6. The molecule has 1 aromatic carbocycles. The van der Waals surface area contributed by atoms with Gasteiger partial charge in [-0.3, -0.25) is 9.83 Å². The van der Waals surface area contributed by atoms with Crippen molar-refractivity contribution in [3.63, 3.8) is 0 Å². The zero-order valence-electron chi connectivity index (χ0n) is 8.26. The van der Waals surface area contributed by atoms with Crippen LogP contribution in [-0.2, 0) is 0 Å². The lowest BCUT2D eigenvalue weighted by molar-refractivity contribution is 0.959. The molecule has 7 heteroatoms. The number of nitrogens with zero attached hydrogens (tertiary/aromatic N) is 1. The summed E-state index contributed by atoms with van der Waals surface area (Å²) in [6.07, 6.45) is 0. The molecule has 0 saturated heterocycles. The van der Waals surface area contributed by atoms with Crippen molar-refractivity contribution in [1.29, 1.82) is 0 Å². The number of rotatable bonds is 2. The van der Waals surface area contributed by atoms with Crippen molar-refractivity contribution >= 4 is 53.1 Å². The Morgan fingerprint density at radius 1 is 1.38 bits per heavy atom. The summed E-state index contributed by atoms with van der Waals surface area (Å²) in [6.45, 7) is 1.67. The normalized spacial score (nSPS) is 13.5. The summed E-state index contributed by atoms with van der Waals surface area (Å²) >= 11 is 11.4. The van der Waals surface area contributed by atoms with E-state index >= 15 is 0 Å². The van der Waals surface area contributed by atoms with E-state index in [4.69, 9.17) is 23.4 Å². The molecule has 0 amide bonds. The molecule has 0 aliphatic carbocycles. The van der Waals surface area contributed by atoms with E-state index in [0.717, 1.165) is 24.7 Å². The summed E-state index contributed by atoms with van der Waals surface area (Å²) in [4.78, 5) is 6.72. The highest BCUT2D eigenvalue weighted by Crippen LogP contribution is 2.25. The van der Waals surface area contributed by atoms with Crippen LogP contribution in [0, 0.1) is 0 Å². The SMILES string of the molecule is Cl.ClNc1cc(NC2=NCCN2)ccc1Cl. The van der Waals surface area contributed by atoms with Crippen molar-refractivity contribution in [2.24, 2.45) is 4.99 Å². The van der Waals surface area contributed by atoms with Crippen LogP contribution in [0.25, 0.3) is 0 Å². The van der Waals surface area contributed by atoms with Gasteiger partial charge in [0.15, 0.2) is 5.96 Å². The number of benzene rings is 1. The fourth-order valence-corrected chi connectivity index (χ4v) is 1.66. The zero-order chi connectivity index (χ0) is 10.7. The lowest BCUT2D eigenvalue weighted by Gasteiger charge is -2.08. The molecule has 0 aromatic heterocycles. The summed E-state index contributed by atoms with van der Waals surface area (Å²) in [5.41, 5.74) is 1.55. The van der Waals surface area contributed by atoms with Gasteiger partial charge >= 0.3 is 0 Å². The van der Waals surface area contributed by atoms with Crippen molar-refractivity contribution in [1.82, 2.24) is 5.32 Å². The Hall–Kier alpha value is -0.840. The summed E-state index contributed by atoms with van der Waals surface area (Å²) in [7, 11) is 0. The summed E-state index contributed by atoms with van der Waals surface area (Å²) in [5.74, 6) is 0.776. The minimum absolute atomic E-state index is 0. The average molecular weight is 282 g/mol. The number of aliphatic imine (C=N–C) groups is 1. The molecule has 0 fully saturated rings. The number of hydrogen-bond acceptors (Lipinski definition) is 4. The third-order valence-corrected chi connectivity index (χ3v) is 2.54. The summed E-state index contributed by atoms with van der Waals surface area (Å²) in [5, 5.41) is 6.81. The van der Waals surface area contributed by atoms with E-state index in [1.165, 1.54) is 0 Å². The fourth-order valence-electron chi connectivity index (χ4n) is 1.29. The van der Waals surface area contributed by atoms with Gasteiger partial charge in [0.25, 0.3) is 0 Å². The first-order chi connectivity index (χ1) is 7.29. The molecule has 1 aromatic rings. The lowest BCUT2D eigenvalue weighted by atomic mass is 10.3. The Morgan fingerprint density at radius 3 is 2.81 bits per heavy atom. The van der Waals surface area contributed by atoms with E-state index < -0.39 is 0 Å². The van der Waals surface area contributed by atoms with E-state index in [9.17, 15) is 0 Å². The van der Waals surface area contributed by atoms with Gasteiger partial charge in [-0.1, -0.05) is 11.6 Å². The quantitative estimate of drug-likeness (QED) is 0.731. The van der Waals surface area contributed by atoms with Crippen molar-refractivity contribution in [3.05, 3.63) is 23.2 Å². The Kier molecular flexibility index (Phi) is 4.99. The predicted molar refractivity (Wildman–Crippen MR) is 72.1 cm³/mol. The van der Waals surface area contributed by atoms with Gasteiger partial charge in [0.1, 0.15) is 0 Å². The summed E-state index contributed by atoms with van der Waals surface area (Å²) < 4.78 is 0. The third kappa shape index (κ3) is 3.07. The first-order valence-electron chi connectivity index (χ1n) is 4.51. The maximum absolute atomic E-state index is 5.89. The second kappa shape index (κ2) is 6.03. The van der Waals surface area contributed by atoms with Crippen LogP contribution in [0.2, 0.25) is 5.02 Å². The average Bonchev–Trinajstić information content (AvgIpc) is 2.73. The van der Waals surface area contributed by atoms with Gasteiger partial charge in [-0.2, -0.15) is 0 Å². The van der Waals surface area contributed by atoms with Crippen LogP contribution < -0.4 is 15.5 Å². The lowest BCUT2D eigenvalue weighted by Crippen LogP contribution is -2.26. The molecule has 0 atom stereocenters. The second-order valence-corrected chi connectivity index (χ2v) is 3.67. The van der Waals surface area contributed by atoms with Crippen LogP contribution in [0.15, 0.2) is 23.2 Å². The number of guanidine groups is 1. The number of halogens is 3. The molecule has 0 saturated carbocycles. The van der Waals surface area contributed by atoms with Gasteiger partial charge in [-0.05, 0) is 18.2 Å². The number of nitrogens with one attached hydrogen (secondary N) is 3. The van der Waals surface area contributed by atoms with Crippen LogP contribution in [0.4, 0.5) is 11.4 Å². The van der Waals surface area contributed by atoms with E-state index in [2.05, 4.69) is 20.5 Å². The maximum Gasteiger partial charge on any atom is 0.195 e. The van der Waals surface area contributed by atoms with Crippen molar-refractivity contribution in [2.75, 3.05) is 23.2 Å².